The van der Waals surface area contributed by atoms with Gasteiger partial charge in [0, 0.05) is 6.04 Å². The zero-order chi connectivity index (χ0) is 18.4. The quantitative estimate of drug-likeness (QED) is 0.866. The van der Waals surface area contributed by atoms with E-state index in [1.807, 2.05) is 0 Å². The van der Waals surface area contributed by atoms with E-state index in [1.54, 1.807) is 0 Å². The highest BCUT2D eigenvalue weighted by Crippen LogP contribution is 2.30. The summed E-state index contributed by atoms with van der Waals surface area (Å²) in [5, 5.41) is 4.93. The van der Waals surface area contributed by atoms with Gasteiger partial charge in [-0.05, 0) is 43.0 Å². The van der Waals surface area contributed by atoms with Crippen LogP contribution in [0.2, 0.25) is 0 Å². The fourth-order valence-electron chi connectivity index (χ4n) is 2.79. The van der Waals surface area contributed by atoms with E-state index < -0.39 is 30.3 Å². The van der Waals surface area contributed by atoms with Crippen molar-refractivity contribution < 1.29 is 27.5 Å². The Kier molecular flexibility index (Phi) is 6.27. The van der Waals surface area contributed by atoms with Crippen molar-refractivity contribution in [3.05, 3.63) is 29.8 Å². The van der Waals surface area contributed by atoms with Gasteiger partial charge in [0.05, 0.1) is 5.56 Å². The van der Waals surface area contributed by atoms with E-state index in [9.17, 15) is 22.8 Å². The van der Waals surface area contributed by atoms with Gasteiger partial charge < -0.3 is 10.1 Å². The molecule has 0 heterocycles. The first kappa shape index (κ1) is 19.1. The number of benzene rings is 1. The Morgan fingerprint density at radius 3 is 2.40 bits per heavy atom. The van der Waals surface area contributed by atoms with E-state index in [0.717, 1.165) is 49.9 Å². The number of imide groups is 1. The largest absolute Gasteiger partial charge is 0.484 e. The molecular formula is C17H21F3N2O3. The van der Waals surface area contributed by atoms with Crippen LogP contribution in [0.5, 0.6) is 5.75 Å². The summed E-state index contributed by atoms with van der Waals surface area (Å²) in [5.41, 5.74) is -0.801. The lowest BCUT2D eigenvalue weighted by molar-refractivity contribution is -0.137. The number of carbonyl (C=O) groups excluding carboxylic acids is 2. The van der Waals surface area contributed by atoms with Crippen LogP contribution in [-0.4, -0.2) is 24.6 Å². The topological polar surface area (TPSA) is 67.4 Å². The second-order valence-corrected chi connectivity index (χ2v) is 6.20. The molecule has 2 N–H and O–H groups in total. The maximum Gasteiger partial charge on any atom is 0.416 e. The SMILES string of the molecule is C[C@H]1CCCC[C@H]1NC(=O)NC(=O)COc1ccc(C(F)(F)F)cc1. The summed E-state index contributed by atoms with van der Waals surface area (Å²) in [5.74, 6) is -0.191. The lowest BCUT2D eigenvalue weighted by Gasteiger charge is -2.29. The molecule has 1 fully saturated rings. The first-order valence-electron chi connectivity index (χ1n) is 8.16. The predicted molar refractivity (Wildman–Crippen MR) is 85.0 cm³/mol. The summed E-state index contributed by atoms with van der Waals surface area (Å²) >= 11 is 0. The number of rotatable bonds is 4. The van der Waals surface area contributed by atoms with Gasteiger partial charge in [0.2, 0.25) is 0 Å². The first-order chi connectivity index (χ1) is 11.8. The van der Waals surface area contributed by atoms with Crippen LogP contribution in [0.4, 0.5) is 18.0 Å². The van der Waals surface area contributed by atoms with Gasteiger partial charge in [-0.3, -0.25) is 10.1 Å². The highest BCUT2D eigenvalue weighted by atomic mass is 19.4. The van der Waals surface area contributed by atoms with Gasteiger partial charge in [-0.25, -0.2) is 4.79 Å². The average molecular weight is 358 g/mol. The molecule has 5 nitrogen and oxygen atoms in total. The molecule has 0 radical (unpaired) electrons. The number of halogens is 3. The van der Waals surface area contributed by atoms with E-state index in [0.29, 0.717) is 5.92 Å². The van der Waals surface area contributed by atoms with Gasteiger partial charge in [-0.15, -0.1) is 0 Å². The standard InChI is InChI=1S/C17H21F3N2O3/c1-11-4-2-3-5-14(11)21-16(24)22-15(23)10-25-13-8-6-12(7-9-13)17(18,19)20/h6-9,11,14H,2-5,10H2,1H3,(H2,21,22,23,24)/t11-,14+/m0/s1. The Morgan fingerprint density at radius 2 is 1.80 bits per heavy atom. The molecule has 138 valence electrons. The molecule has 8 heteroatoms. The maximum atomic E-state index is 12.4. The molecule has 1 aliphatic rings. The molecule has 2 atom stereocenters. The Morgan fingerprint density at radius 1 is 1.16 bits per heavy atom. The Labute approximate surface area is 143 Å². The molecule has 0 aliphatic heterocycles. The third-order valence-electron chi connectivity index (χ3n) is 4.23. The van der Waals surface area contributed by atoms with E-state index in [2.05, 4.69) is 17.6 Å². The molecular weight excluding hydrogens is 337 g/mol. The summed E-state index contributed by atoms with van der Waals surface area (Å²) in [6, 6.07) is 3.44. The van der Waals surface area contributed by atoms with Gasteiger partial charge in [-0.1, -0.05) is 19.8 Å². The number of hydrogen-bond acceptors (Lipinski definition) is 3. The molecule has 0 aromatic heterocycles. The van der Waals surface area contributed by atoms with Crippen LogP contribution >= 0.6 is 0 Å². The van der Waals surface area contributed by atoms with Crippen LogP contribution in [0.1, 0.15) is 38.2 Å². The van der Waals surface area contributed by atoms with E-state index >= 15 is 0 Å². The fourth-order valence-corrected chi connectivity index (χ4v) is 2.79. The number of nitrogens with one attached hydrogen (secondary N) is 2. The second-order valence-electron chi connectivity index (χ2n) is 6.20. The lowest BCUT2D eigenvalue weighted by Crippen LogP contribution is -2.48. The van der Waals surface area contributed by atoms with Crippen LogP contribution < -0.4 is 15.4 Å². The molecule has 1 aliphatic carbocycles. The Balaban J connectivity index is 1.75. The molecule has 0 saturated heterocycles. The number of ether oxygens (including phenoxy) is 1. The highest BCUT2D eigenvalue weighted by Gasteiger charge is 2.30. The van der Waals surface area contributed by atoms with E-state index in [4.69, 9.17) is 4.74 Å². The smallest absolute Gasteiger partial charge is 0.416 e. The molecule has 1 aromatic carbocycles. The molecule has 0 unspecified atom stereocenters. The van der Waals surface area contributed by atoms with Gasteiger partial charge >= 0.3 is 12.2 Å². The van der Waals surface area contributed by atoms with Crippen molar-refractivity contribution in [2.75, 3.05) is 6.61 Å². The zero-order valence-electron chi connectivity index (χ0n) is 13.9. The van der Waals surface area contributed by atoms with Crippen LogP contribution in [0.15, 0.2) is 24.3 Å². The van der Waals surface area contributed by atoms with Crippen molar-refractivity contribution in [1.82, 2.24) is 10.6 Å². The van der Waals surface area contributed by atoms with Crippen LogP contribution in [0.3, 0.4) is 0 Å². The van der Waals surface area contributed by atoms with Crippen molar-refractivity contribution in [3.8, 4) is 5.75 Å². The van der Waals surface area contributed by atoms with Gasteiger partial charge in [-0.2, -0.15) is 13.2 Å². The molecule has 0 spiro atoms. The number of urea groups is 1. The lowest BCUT2D eigenvalue weighted by atomic mass is 9.86. The van der Waals surface area contributed by atoms with Crippen molar-refractivity contribution >= 4 is 11.9 Å². The maximum absolute atomic E-state index is 12.4. The molecule has 2 rings (SSSR count). The molecule has 1 saturated carbocycles. The minimum absolute atomic E-state index is 0.0392. The Hall–Kier alpha value is -2.25. The minimum Gasteiger partial charge on any atom is -0.484 e. The van der Waals surface area contributed by atoms with Crippen LogP contribution in [0.25, 0.3) is 0 Å². The number of alkyl halides is 3. The zero-order valence-corrected chi connectivity index (χ0v) is 13.9. The summed E-state index contributed by atoms with van der Waals surface area (Å²) in [6.45, 7) is 1.60. The van der Waals surface area contributed by atoms with Crippen LogP contribution in [0, 0.1) is 5.92 Å². The molecule has 3 amide bonds. The van der Waals surface area contributed by atoms with Gasteiger partial charge in [0.1, 0.15) is 5.75 Å². The Bertz CT molecular complexity index is 602. The van der Waals surface area contributed by atoms with E-state index in [1.165, 1.54) is 0 Å². The highest BCUT2D eigenvalue weighted by molar-refractivity contribution is 5.95. The molecule has 0 bridgehead atoms. The number of carbonyl (C=O) groups is 2. The predicted octanol–water partition coefficient (Wildman–Crippen LogP) is 3.49. The van der Waals surface area contributed by atoms with Crippen molar-refractivity contribution in [2.45, 2.75) is 44.8 Å². The van der Waals surface area contributed by atoms with Crippen LogP contribution in [-0.2, 0) is 11.0 Å². The molecule has 1 aromatic rings. The fraction of sp³-hybridized carbons (Fsp3) is 0.529. The summed E-state index contributed by atoms with van der Waals surface area (Å²) in [4.78, 5) is 23.5. The molecule has 25 heavy (non-hydrogen) atoms. The average Bonchev–Trinajstić information content (AvgIpc) is 2.54. The second kappa shape index (κ2) is 8.22. The minimum atomic E-state index is -4.43. The third kappa shape index (κ3) is 5.95. The van der Waals surface area contributed by atoms with E-state index in [-0.39, 0.29) is 11.8 Å². The van der Waals surface area contributed by atoms with Gasteiger partial charge in [0.25, 0.3) is 5.91 Å². The summed E-state index contributed by atoms with van der Waals surface area (Å²) in [7, 11) is 0. The number of amides is 3. The third-order valence-corrected chi connectivity index (χ3v) is 4.23. The first-order valence-corrected chi connectivity index (χ1v) is 8.16. The normalized spacial score (nSPS) is 20.6. The van der Waals surface area contributed by atoms with Crippen molar-refractivity contribution in [1.29, 1.82) is 0 Å². The van der Waals surface area contributed by atoms with Crippen molar-refractivity contribution in [2.24, 2.45) is 5.92 Å². The van der Waals surface area contributed by atoms with Gasteiger partial charge in [0.15, 0.2) is 6.61 Å². The monoisotopic (exact) mass is 358 g/mol. The number of hydrogen-bond donors (Lipinski definition) is 2. The summed E-state index contributed by atoms with van der Waals surface area (Å²) < 4.78 is 42.4. The summed E-state index contributed by atoms with van der Waals surface area (Å²) in [6.07, 6.45) is -0.327. The van der Waals surface area contributed by atoms with Crippen molar-refractivity contribution in [3.63, 3.8) is 0 Å².